The fraction of sp³-hybridized carbons (Fsp3) is 0.611. The third-order valence-corrected chi connectivity index (χ3v) is 8.09. The summed E-state index contributed by atoms with van der Waals surface area (Å²) >= 11 is 0. The van der Waals surface area contributed by atoms with Gasteiger partial charge in [0.05, 0.1) is 4.90 Å². The average molecular weight is 350 g/mol. The Balaban J connectivity index is 2.07. The molecule has 1 aromatic rings. The van der Waals surface area contributed by atoms with Gasteiger partial charge in [-0.1, -0.05) is 25.0 Å². The second kappa shape index (κ2) is 6.15. The molecular formula is C18H26N2O3S. The van der Waals surface area contributed by atoms with Crippen LogP contribution in [0.1, 0.15) is 43.2 Å². The van der Waals surface area contributed by atoms with E-state index in [0.717, 1.165) is 24.8 Å². The second-order valence-corrected chi connectivity index (χ2v) is 9.50. The first-order chi connectivity index (χ1) is 11.3. The number of likely N-dealkylation sites (tertiary alicyclic amines) is 1. The Hall–Kier alpha value is -1.40. The molecule has 0 radical (unpaired) electrons. The van der Waals surface area contributed by atoms with Crippen molar-refractivity contribution in [3.63, 3.8) is 0 Å². The highest BCUT2D eigenvalue weighted by atomic mass is 32.2. The first-order valence-corrected chi connectivity index (χ1v) is 10.1. The summed E-state index contributed by atoms with van der Waals surface area (Å²) in [5, 5.41) is 0. The van der Waals surface area contributed by atoms with Crippen molar-refractivity contribution in [1.82, 2.24) is 4.90 Å². The van der Waals surface area contributed by atoms with Gasteiger partial charge in [0.1, 0.15) is 0 Å². The lowest BCUT2D eigenvalue weighted by Gasteiger charge is -2.32. The Morgan fingerprint density at radius 1 is 1.25 bits per heavy atom. The van der Waals surface area contributed by atoms with Crippen molar-refractivity contribution in [3.8, 4) is 0 Å². The summed E-state index contributed by atoms with van der Waals surface area (Å²) in [6.07, 6.45) is 3.11. The maximum absolute atomic E-state index is 13.5. The summed E-state index contributed by atoms with van der Waals surface area (Å²) in [5.41, 5.74) is 7.52. The van der Waals surface area contributed by atoms with Crippen molar-refractivity contribution in [1.29, 1.82) is 0 Å². The molecule has 1 atom stereocenters. The highest BCUT2D eigenvalue weighted by Gasteiger charge is 2.55. The third-order valence-electron chi connectivity index (χ3n) is 5.46. The molecule has 1 saturated heterocycles. The van der Waals surface area contributed by atoms with E-state index >= 15 is 0 Å². The van der Waals surface area contributed by atoms with Crippen molar-refractivity contribution in [2.24, 2.45) is 5.73 Å². The molecule has 6 heteroatoms. The maximum Gasteiger partial charge on any atom is 0.244 e. The molecule has 1 unspecified atom stereocenters. The third kappa shape index (κ3) is 2.65. The van der Waals surface area contributed by atoms with Crippen LogP contribution in [0.4, 0.5) is 0 Å². The normalized spacial score (nSPS) is 23.6. The number of amides is 1. The van der Waals surface area contributed by atoms with E-state index in [-0.39, 0.29) is 11.9 Å². The number of nitrogens with two attached hydrogens (primary N) is 1. The summed E-state index contributed by atoms with van der Waals surface area (Å²) in [6, 6.07) is 5.38. The van der Waals surface area contributed by atoms with Gasteiger partial charge in [-0.15, -0.1) is 0 Å². The van der Waals surface area contributed by atoms with Gasteiger partial charge in [-0.25, -0.2) is 8.42 Å². The standard InChI is InChI=1S/C18H26N2O3S/c1-13-5-6-14(2)16(11-13)24(22,23)18(8-3-4-9-18)17(21)20-10-7-15(19)12-20/h5-6,11,15H,3-4,7-10,12,19H2,1-2H3. The van der Waals surface area contributed by atoms with E-state index in [0.29, 0.717) is 36.4 Å². The quantitative estimate of drug-likeness (QED) is 0.903. The van der Waals surface area contributed by atoms with Crippen molar-refractivity contribution in [3.05, 3.63) is 29.3 Å². The van der Waals surface area contributed by atoms with Gasteiger partial charge in [0, 0.05) is 19.1 Å². The first-order valence-electron chi connectivity index (χ1n) is 8.65. The lowest BCUT2D eigenvalue weighted by Crippen LogP contribution is -2.52. The Bertz CT molecular complexity index is 752. The minimum atomic E-state index is -3.74. The zero-order valence-electron chi connectivity index (χ0n) is 14.4. The highest BCUT2D eigenvalue weighted by Crippen LogP contribution is 2.43. The number of hydrogen-bond donors (Lipinski definition) is 1. The van der Waals surface area contributed by atoms with E-state index in [1.54, 1.807) is 17.9 Å². The largest absolute Gasteiger partial charge is 0.340 e. The molecule has 0 aromatic heterocycles. The van der Waals surface area contributed by atoms with Crippen molar-refractivity contribution in [2.45, 2.75) is 61.6 Å². The molecule has 1 aliphatic carbocycles. The molecule has 1 aromatic carbocycles. The molecule has 2 N–H and O–H groups in total. The van der Waals surface area contributed by atoms with E-state index in [4.69, 9.17) is 5.73 Å². The molecule has 2 fully saturated rings. The number of aryl methyl sites for hydroxylation is 2. The zero-order valence-corrected chi connectivity index (χ0v) is 15.2. The summed E-state index contributed by atoms with van der Waals surface area (Å²) in [7, 11) is -3.74. The van der Waals surface area contributed by atoms with Gasteiger partial charge < -0.3 is 10.6 Å². The predicted molar refractivity (Wildman–Crippen MR) is 93.5 cm³/mol. The molecule has 132 valence electrons. The summed E-state index contributed by atoms with van der Waals surface area (Å²) in [4.78, 5) is 15.2. The van der Waals surface area contributed by atoms with Gasteiger partial charge in [0.2, 0.25) is 5.91 Å². The fourth-order valence-electron chi connectivity index (χ4n) is 4.01. The Morgan fingerprint density at radius 3 is 2.50 bits per heavy atom. The summed E-state index contributed by atoms with van der Waals surface area (Å²) in [6.45, 7) is 4.69. The summed E-state index contributed by atoms with van der Waals surface area (Å²) < 4.78 is 25.8. The molecule has 3 rings (SSSR count). The van der Waals surface area contributed by atoms with Crippen LogP contribution in [0.25, 0.3) is 0 Å². The smallest absolute Gasteiger partial charge is 0.244 e. The maximum atomic E-state index is 13.5. The van der Waals surface area contributed by atoms with Gasteiger partial charge in [-0.2, -0.15) is 0 Å². The van der Waals surface area contributed by atoms with Gasteiger partial charge in [-0.3, -0.25) is 4.79 Å². The number of benzene rings is 1. The molecule has 2 aliphatic rings. The van der Waals surface area contributed by atoms with Crippen LogP contribution < -0.4 is 5.73 Å². The zero-order chi connectivity index (χ0) is 17.5. The molecule has 1 saturated carbocycles. The first kappa shape index (κ1) is 17.4. The van der Waals surface area contributed by atoms with Crippen molar-refractivity contribution in [2.75, 3.05) is 13.1 Å². The molecule has 1 aliphatic heterocycles. The number of nitrogens with zero attached hydrogens (tertiary/aromatic N) is 1. The van der Waals surface area contributed by atoms with E-state index < -0.39 is 14.6 Å². The number of carbonyl (C=O) groups is 1. The second-order valence-electron chi connectivity index (χ2n) is 7.27. The Labute approximate surface area is 144 Å². The van der Waals surface area contributed by atoms with Gasteiger partial charge in [0.25, 0.3) is 0 Å². The van der Waals surface area contributed by atoms with Crippen LogP contribution in [0.2, 0.25) is 0 Å². The molecule has 5 nitrogen and oxygen atoms in total. The molecular weight excluding hydrogens is 324 g/mol. The van der Waals surface area contributed by atoms with Crippen LogP contribution in [-0.4, -0.2) is 43.1 Å². The van der Waals surface area contributed by atoms with E-state index in [1.165, 1.54) is 0 Å². The van der Waals surface area contributed by atoms with E-state index in [9.17, 15) is 13.2 Å². The van der Waals surface area contributed by atoms with Gasteiger partial charge in [-0.05, 0) is 50.3 Å². The highest BCUT2D eigenvalue weighted by molar-refractivity contribution is 7.93. The number of carbonyl (C=O) groups excluding carboxylic acids is 1. The van der Waals surface area contributed by atoms with Crippen molar-refractivity contribution < 1.29 is 13.2 Å². The average Bonchev–Trinajstić information content (AvgIpc) is 3.18. The predicted octanol–water partition coefficient (Wildman–Crippen LogP) is 1.95. The molecule has 0 spiro atoms. The van der Waals surface area contributed by atoms with Crippen molar-refractivity contribution >= 4 is 15.7 Å². The number of sulfone groups is 1. The molecule has 24 heavy (non-hydrogen) atoms. The van der Waals surface area contributed by atoms with Crippen LogP contribution in [0.3, 0.4) is 0 Å². The van der Waals surface area contributed by atoms with E-state index in [1.807, 2.05) is 19.1 Å². The number of hydrogen-bond acceptors (Lipinski definition) is 4. The van der Waals surface area contributed by atoms with Crippen LogP contribution in [0.15, 0.2) is 23.1 Å². The van der Waals surface area contributed by atoms with Gasteiger partial charge >= 0.3 is 0 Å². The topological polar surface area (TPSA) is 80.5 Å². The van der Waals surface area contributed by atoms with Crippen LogP contribution in [0, 0.1) is 13.8 Å². The molecule has 0 bridgehead atoms. The van der Waals surface area contributed by atoms with Crippen LogP contribution in [-0.2, 0) is 14.6 Å². The SMILES string of the molecule is Cc1ccc(C)c(S(=O)(=O)C2(C(=O)N3CCC(N)C3)CCCC2)c1. The minimum absolute atomic E-state index is 0.0455. The number of rotatable bonds is 3. The van der Waals surface area contributed by atoms with Crippen LogP contribution >= 0.6 is 0 Å². The van der Waals surface area contributed by atoms with Crippen LogP contribution in [0.5, 0.6) is 0 Å². The molecule has 1 heterocycles. The van der Waals surface area contributed by atoms with E-state index in [2.05, 4.69) is 0 Å². The minimum Gasteiger partial charge on any atom is -0.340 e. The summed E-state index contributed by atoms with van der Waals surface area (Å²) in [5.74, 6) is -0.242. The monoisotopic (exact) mass is 350 g/mol. The Kier molecular flexibility index (Phi) is 4.47. The lowest BCUT2D eigenvalue weighted by molar-refractivity contribution is -0.132. The molecule has 1 amide bonds. The Morgan fingerprint density at radius 2 is 1.92 bits per heavy atom. The fourth-order valence-corrected chi connectivity index (χ4v) is 6.45. The van der Waals surface area contributed by atoms with Gasteiger partial charge in [0.15, 0.2) is 14.6 Å². The lowest BCUT2D eigenvalue weighted by atomic mass is 10.1.